The maximum atomic E-state index is 4.81. The number of hydrogen-bond donors (Lipinski definition) is 0. The van der Waals surface area contributed by atoms with Gasteiger partial charge in [0.15, 0.2) is 0 Å². The van der Waals surface area contributed by atoms with E-state index < -0.39 is 0 Å². The quantitative estimate of drug-likeness (QED) is 0.663. The first-order chi connectivity index (χ1) is 7.50. The van der Waals surface area contributed by atoms with E-state index in [2.05, 4.69) is 52.0 Å². The molecular weight excluding hydrogens is 194 g/mol. The molecule has 1 aliphatic rings. The van der Waals surface area contributed by atoms with Gasteiger partial charge in [-0.2, -0.15) is 0 Å². The Morgan fingerprint density at radius 3 is 2.25 bits per heavy atom. The van der Waals surface area contributed by atoms with Crippen LogP contribution in [0.15, 0.2) is 46.6 Å². The van der Waals surface area contributed by atoms with Crippen molar-refractivity contribution in [1.82, 2.24) is 0 Å². The van der Waals surface area contributed by atoms with Crippen LogP contribution in [0.4, 0.5) is 0 Å². The van der Waals surface area contributed by atoms with E-state index in [0.29, 0.717) is 0 Å². The number of aliphatic imine (C=N–C) groups is 1. The predicted octanol–water partition coefficient (Wildman–Crippen LogP) is 4.20. The molecule has 0 aromatic heterocycles. The van der Waals surface area contributed by atoms with Gasteiger partial charge in [-0.1, -0.05) is 49.8 Å². The second kappa shape index (κ2) is 3.89. The fourth-order valence-electron chi connectivity index (χ4n) is 2.17. The first-order valence-corrected chi connectivity index (χ1v) is 5.82. The topological polar surface area (TPSA) is 12.4 Å². The normalized spacial score (nSPS) is 18.5. The third-order valence-corrected chi connectivity index (χ3v) is 3.12. The van der Waals surface area contributed by atoms with Crippen molar-refractivity contribution in [3.05, 3.63) is 47.2 Å². The molecule has 1 heteroatoms. The fraction of sp³-hybridized carbons (Fsp3) is 0.400. The largest absolute Gasteiger partial charge is 0.257 e. The lowest BCUT2D eigenvalue weighted by Crippen LogP contribution is -2.20. The van der Waals surface area contributed by atoms with E-state index in [-0.39, 0.29) is 5.41 Å². The molecule has 0 atom stereocenters. The Hall–Kier alpha value is -1.37. The minimum Gasteiger partial charge on any atom is -0.257 e. The number of nitrogens with zero attached hydrogens (tertiary/aromatic N) is 1. The van der Waals surface area contributed by atoms with Crippen molar-refractivity contribution < 1.29 is 0 Å². The van der Waals surface area contributed by atoms with Gasteiger partial charge in [0.2, 0.25) is 0 Å². The fourth-order valence-corrected chi connectivity index (χ4v) is 2.17. The van der Waals surface area contributed by atoms with Crippen molar-refractivity contribution >= 4 is 5.71 Å². The van der Waals surface area contributed by atoms with Crippen LogP contribution in [0.1, 0.15) is 39.7 Å². The van der Waals surface area contributed by atoms with Crippen LogP contribution in [0.3, 0.4) is 0 Å². The highest BCUT2D eigenvalue weighted by atomic mass is 14.8. The van der Waals surface area contributed by atoms with Crippen LogP contribution in [0, 0.1) is 5.41 Å². The summed E-state index contributed by atoms with van der Waals surface area (Å²) >= 11 is 0. The zero-order valence-corrected chi connectivity index (χ0v) is 10.5. The van der Waals surface area contributed by atoms with Crippen LogP contribution in [-0.4, -0.2) is 5.71 Å². The molecule has 0 saturated heterocycles. The standard InChI is InChI=1S/C15H19N/c1-11(2)13-10-15(3,4)14(16-13)12-8-6-5-7-9-12/h5-9H,10H2,1-4H3. The molecule has 0 radical (unpaired) electrons. The molecule has 0 aliphatic carbocycles. The van der Waals surface area contributed by atoms with E-state index in [0.717, 1.165) is 6.42 Å². The van der Waals surface area contributed by atoms with Gasteiger partial charge in [-0.25, -0.2) is 0 Å². The molecule has 0 unspecified atom stereocenters. The molecule has 0 saturated carbocycles. The lowest BCUT2D eigenvalue weighted by molar-refractivity contribution is 0.540. The second-order valence-electron chi connectivity index (χ2n) is 5.33. The monoisotopic (exact) mass is 213 g/mol. The molecular formula is C15H19N. The molecule has 16 heavy (non-hydrogen) atoms. The first-order valence-electron chi connectivity index (χ1n) is 5.82. The van der Waals surface area contributed by atoms with E-state index in [1.807, 2.05) is 6.07 Å². The van der Waals surface area contributed by atoms with Crippen LogP contribution in [0.25, 0.3) is 0 Å². The molecule has 1 aromatic rings. The van der Waals surface area contributed by atoms with Crippen molar-refractivity contribution in [2.45, 2.75) is 34.1 Å². The van der Waals surface area contributed by atoms with Gasteiger partial charge in [-0.05, 0) is 19.4 Å². The predicted molar refractivity (Wildman–Crippen MR) is 69.8 cm³/mol. The Bertz CT molecular complexity index is 446. The summed E-state index contributed by atoms with van der Waals surface area (Å²) in [5.74, 6) is 0. The third kappa shape index (κ3) is 1.95. The molecule has 84 valence electrons. The van der Waals surface area contributed by atoms with Crippen LogP contribution in [0.5, 0.6) is 0 Å². The Labute approximate surface area is 97.9 Å². The minimum atomic E-state index is 0.161. The number of rotatable bonds is 1. The number of hydrogen-bond acceptors (Lipinski definition) is 1. The summed E-state index contributed by atoms with van der Waals surface area (Å²) in [6, 6.07) is 10.5. The molecule has 2 rings (SSSR count). The maximum Gasteiger partial charge on any atom is 0.0539 e. The number of allylic oxidation sites excluding steroid dienone is 2. The van der Waals surface area contributed by atoms with Gasteiger partial charge in [0, 0.05) is 17.5 Å². The van der Waals surface area contributed by atoms with E-state index in [1.54, 1.807) is 0 Å². The molecule has 1 heterocycles. The van der Waals surface area contributed by atoms with Gasteiger partial charge in [0.05, 0.1) is 5.71 Å². The van der Waals surface area contributed by atoms with E-state index in [9.17, 15) is 0 Å². The highest BCUT2D eigenvalue weighted by Crippen LogP contribution is 2.38. The Balaban J connectivity index is 2.48. The van der Waals surface area contributed by atoms with Crippen LogP contribution in [-0.2, 0) is 0 Å². The Morgan fingerprint density at radius 2 is 1.75 bits per heavy atom. The van der Waals surface area contributed by atoms with Gasteiger partial charge in [-0.3, -0.25) is 4.99 Å². The average molecular weight is 213 g/mol. The minimum absolute atomic E-state index is 0.161. The molecule has 0 fully saturated rings. The zero-order valence-electron chi connectivity index (χ0n) is 10.5. The van der Waals surface area contributed by atoms with Gasteiger partial charge in [-0.15, -0.1) is 0 Å². The van der Waals surface area contributed by atoms with Crippen LogP contribution in [0.2, 0.25) is 0 Å². The Morgan fingerprint density at radius 1 is 1.12 bits per heavy atom. The van der Waals surface area contributed by atoms with Crippen LogP contribution >= 0.6 is 0 Å². The lowest BCUT2D eigenvalue weighted by Gasteiger charge is -2.19. The van der Waals surface area contributed by atoms with E-state index in [4.69, 9.17) is 4.99 Å². The van der Waals surface area contributed by atoms with Crippen molar-refractivity contribution in [2.75, 3.05) is 0 Å². The smallest absolute Gasteiger partial charge is 0.0539 e. The molecule has 0 bridgehead atoms. The summed E-state index contributed by atoms with van der Waals surface area (Å²) in [5, 5.41) is 0. The summed E-state index contributed by atoms with van der Waals surface area (Å²) < 4.78 is 0. The molecule has 0 N–H and O–H groups in total. The van der Waals surface area contributed by atoms with Crippen molar-refractivity contribution in [3.63, 3.8) is 0 Å². The van der Waals surface area contributed by atoms with E-state index in [1.165, 1.54) is 22.5 Å². The summed E-state index contributed by atoms with van der Waals surface area (Å²) in [7, 11) is 0. The average Bonchev–Trinajstić information content (AvgIpc) is 2.56. The first kappa shape index (κ1) is 11.1. The van der Waals surface area contributed by atoms with E-state index >= 15 is 0 Å². The third-order valence-electron chi connectivity index (χ3n) is 3.12. The molecule has 1 aromatic carbocycles. The van der Waals surface area contributed by atoms with Gasteiger partial charge in [0.1, 0.15) is 0 Å². The van der Waals surface area contributed by atoms with Crippen molar-refractivity contribution in [1.29, 1.82) is 0 Å². The SMILES string of the molecule is CC(C)=C1CC(C)(C)C(c2ccccc2)=N1. The Kier molecular flexibility index (Phi) is 2.71. The molecule has 1 nitrogen and oxygen atoms in total. The highest BCUT2D eigenvalue weighted by molar-refractivity contribution is 6.06. The van der Waals surface area contributed by atoms with Gasteiger partial charge < -0.3 is 0 Å². The zero-order chi connectivity index (χ0) is 11.8. The van der Waals surface area contributed by atoms with Gasteiger partial charge in [0.25, 0.3) is 0 Å². The van der Waals surface area contributed by atoms with Crippen LogP contribution < -0.4 is 0 Å². The molecule has 0 amide bonds. The lowest BCUT2D eigenvalue weighted by atomic mass is 9.82. The highest BCUT2D eigenvalue weighted by Gasteiger charge is 2.33. The molecule has 1 aliphatic heterocycles. The van der Waals surface area contributed by atoms with Crippen molar-refractivity contribution in [2.24, 2.45) is 10.4 Å². The summed E-state index contributed by atoms with van der Waals surface area (Å²) in [5.41, 5.74) is 5.23. The summed E-state index contributed by atoms with van der Waals surface area (Å²) in [4.78, 5) is 4.81. The van der Waals surface area contributed by atoms with Crippen molar-refractivity contribution in [3.8, 4) is 0 Å². The second-order valence-corrected chi connectivity index (χ2v) is 5.33. The maximum absolute atomic E-state index is 4.81. The summed E-state index contributed by atoms with van der Waals surface area (Å²) in [6.07, 6.45) is 1.06. The summed E-state index contributed by atoms with van der Waals surface area (Å²) in [6.45, 7) is 8.83. The molecule has 0 spiro atoms. The van der Waals surface area contributed by atoms with Gasteiger partial charge >= 0.3 is 0 Å². The number of benzene rings is 1.